The fourth-order valence-electron chi connectivity index (χ4n) is 5.08. The highest BCUT2D eigenvalue weighted by Gasteiger charge is 2.32. The number of carbonyl (C=O) groups excluding carboxylic acids is 1. The van der Waals surface area contributed by atoms with E-state index in [4.69, 9.17) is 4.74 Å². The Kier molecular flexibility index (Phi) is 7.78. The first-order chi connectivity index (χ1) is 20.0. The molecule has 0 radical (unpaired) electrons. The van der Waals surface area contributed by atoms with Crippen molar-refractivity contribution in [1.82, 2.24) is 19.9 Å². The number of anilines is 2. The summed E-state index contributed by atoms with van der Waals surface area (Å²) in [4.78, 5) is 28.3. The normalized spacial score (nSPS) is 17.3. The van der Waals surface area contributed by atoms with Crippen molar-refractivity contribution in [2.24, 2.45) is 0 Å². The number of nitrogens with one attached hydrogen (secondary N) is 1. The number of ether oxygens (including phenoxy) is 1. The van der Waals surface area contributed by atoms with E-state index in [9.17, 15) is 22.0 Å². The summed E-state index contributed by atoms with van der Waals surface area (Å²) >= 11 is 0. The van der Waals surface area contributed by atoms with Crippen LogP contribution in [0.15, 0.2) is 72.5 Å². The molecule has 0 aliphatic carbocycles. The molecule has 0 spiro atoms. The zero-order valence-electron chi connectivity index (χ0n) is 23.1. The Bertz CT molecular complexity index is 1780. The van der Waals surface area contributed by atoms with E-state index in [-0.39, 0.29) is 29.6 Å². The lowest BCUT2D eigenvalue weighted by Gasteiger charge is -2.44. The molecule has 1 fully saturated rings. The summed E-state index contributed by atoms with van der Waals surface area (Å²) in [5, 5.41) is 0.740. The maximum absolute atomic E-state index is 14.3. The standard InChI is InChI=1S/C29H28F2N6O4S/c1-5-26(38)36-14-18(3)37(15-17(36)2)28-21-11-19(9-10-24(21)33-16-34-28)20-12-25(29(41-4)32-13-20)35-42(39,40)27-22(30)7-6-8-23(27)31/h5-13,16-18,35H,1,14-15H2,2-4H3/t17-,18+/m1/s1. The van der Waals surface area contributed by atoms with Gasteiger partial charge in [-0.3, -0.25) is 9.52 Å². The lowest BCUT2D eigenvalue weighted by molar-refractivity contribution is -0.128. The number of amides is 1. The zero-order chi connectivity index (χ0) is 30.2. The molecule has 1 aliphatic heterocycles. The van der Waals surface area contributed by atoms with Crippen LogP contribution >= 0.6 is 0 Å². The van der Waals surface area contributed by atoms with Crippen LogP contribution in [-0.2, 0) is 14.8 Å². The zero-order valence-corrected chi connectivity index (χ0v) is 23.9. The molecule has 1 aliphatic rings. The third-order valence-corrected chi connectivity index (χ3v) is 8.56. The van der Waals surface area contributed by atoms with Crippen molar-refractivity contribution in [2.75, 3.05) is 29.8 Å². The number of piperazine rings is 1. The van der Waals surface area contributed by atoms with Crippen LogP contribution in [0.5, 0.6) is 5.88 Å². The molecule has 0 saturated carbocycles. The predicted molar refractivity (Wildman–Crippen MR) is 155 cm³/mol. The van der Waals surface area contributed by atoms with Gasteiger partial charge in [0.2, 0.25) is 11.8 Å². The summed E-state index contributed by atoms with van der Waals surface area (Å²) in [5.74, 6) is -1.99. The SMILES string of the molecule is C=CC(=O)N1C[C@H](C)N(c2ncnc3ccc(-c4cnc(OC)c(NS(=O)(=O)c5c(F)cccc5F)c4)cc23)C[C@H]1C. The second kappa shape index (κ2) is 11.3. The fourth-order valence-corrected chi connectivity index (χ4v) is 6.27. The number of nitrogens with zero attached hydrogens (tertiary/aromatic N) is 5. The number of carbonyl (C=O) groups is 1. The molecule has 13 heteroatoms. The van der Waals surface area contributed by atoms with E-state index >= 15 is 0 Å². The number of sulfonamides is 1. The van der Waals surface area contributed by atoms with Crippen LogP contribution in [0, 0.1) is 11.6 Å². The third-order valence-electron chi connectivity index (χ3n) is 7.14. The fraction of sp³-hybridized carbons (Fsp3) is 0.241. The molecule has 2 aromatic carbocycles. The second-order valence-electron chi connectivity index (χ2n) is 9.91. The van der Waals surface area contributed by atoms with Crippen molar-refractivity contribution in [2.45, 2.75) is 30.8 Å². The van der Waals surface area contributed by atoms with Gasteiger partial charge in [0.15, 0.2) is 4.90 Å². The van der Waals surface area contributed by atoms with E-state index in [0.717, 1.165) is 23.6 Å². The molecule has 1 amide bonds. The van der Waals surface area contributed by atoms with Crippen molar-refractivity contribution >= 4 is 38.3 Å². The first-order valence-corrected chi connectivity index (χ1v) is 14.5. The van der Waals surface area contributed by atoms with Crippen LogP contribution in [0.2, 0.25) is 0 Å². The molecule has 1 saturated heterocycles. The van der Waals surface area contributed by atoms with Gasteiger partial charge in [-0.25, -0.2) is 32.2 Å². The third kappa shape index (κ3) is 5.34. The number of methoxy groups -OCH3 is 1. The van der Waals surface area contributed by atoms with Crippen molar-refractivity contribution < 1.29 is 26.7 Å². The number of halogens is 2. The summed E-state index contributed by atoms with van der Waals surface area (Å²) in [6.45, 7) is 8.61. The van der Waals surface area contributed by atoms with Crippen LogP contribution in [0.25, 0.3) is 22.0 Å². The molecule has 1 N–H and O–H groups in total. The van der Waals surface area contributed by atoms with E-state index in [1.807, 2.05) is 26.0 Å². The number of hydrogen-bond acceptors (Lipinski definition) is 8. The maximum Gasteiger partial charge on any atom is 0.267 e. The predicted octanol–water partition coefficient (Wildman–Crippen LogP) is 4.39. The summed E-state index contributed by atoms with van der Waals surface area (Å²) in [6.07, 6.45) is 4.30. The maximum atomic E-state index is 14.3. The monoisotopic (exact) mass is 594 g/mol. The number of hydrogen-bond donors (Lipinski definition) is 1. The first-order valence-electron chi connectivity index (χ1n) is 13.0. The van der Waals surface area contributed by atoms with E-state index in [0.29, 0.717) is 35.6 Å². The molecule has 2 atom stereocenters. The van der Waals surface area contributed by atoms with Crippen LogP contribution in [0.4, 0.5) is 20.3 Å². The molecule has 4 aromatic rings. The Labute approximate surface area is 241 Å². The quantitative estimate of drug-likeness (QED) is 0.313. The van der Waals surface area contributed by atoms with Gasteiger partial charge in [0.05, 0.1) is 12.6 Å². The Morgan fingerprint density at radius 1 is 1.05 bits per heavy atom. The number of pyridine rings is 1. The Balaban J connectivity index is 1.53. The van der Waals surface area contributed by atoms with E-state index in [1.165, 1.54) is 31.8 Å². The molecule has 0 unspecified atom stereocenters. The van der Waals surface area contributed by atoms with Crippen molar-refractivity contribution in [3.05, 3.63) is 79.3 Å². The van der Waals surface area contributed by atoms with Gasteiger partial charge in [-0.05, 0) is 55.8 Å². The van der Waals surface area contributed by atoms with E-state index in [2.05, 4.69) is 31.2 Å². The molecule has 2 aromatic heterocycles. The minimum atomic E-state index is -4.67. The largest absolute Gasteiger partial charge is 0.480 e. The Hall–Kier alpha value is -4.65. The Morgan fingerprint density at radius 2 is 1.79 bits per heavy atom. The van der Waals surface area contributed by atoms with E-state index < -0.39 is 26.6 Å². The average Bonchev–Trinajstić information content (AvgIpc) is 2.96. The lowest BCUT2D eigenvalue weighted by atomic mass is 10.0. The van der Waals surface area contributed by atoms with Crippen molar-refractivity contribution in [1.29, 1.82) is 0 Å². The van der Waals surface area contributed by atoms with Crippen LogP contribution in [0.1, 0.15) is 13.8 Å². The van der Waals surface area contributed by atoms with Gasteiger partial charge < -0.3 is 14.5 Å². The number of rotatable bonds is 7. The lowest BCUT2D eigenvalue weighted by Crippen LogP contribution is -2.58. The van der Waals surface area contributed by atoms with Crippen molar-refractivity contribution in [3.8, 4) is 17.0 Å². The highest BCUT2D eigenvalue weighted by atomic mass is 32.2. The van der Waals surface area contributed by atoms with Crippen LogP contribution < -0.4 is 14.4 Å². The number of fused-ring (bicyclic) bond motifs is 1. The van der Waals surface area contributed by atoms with E-state index in [1.54, 1.807) is 11.0 Å². The molecule has 42 heavy (non-hydrogen) atoms. The molecule has 0 bridgehead atoms. The van der Waals surface area contributed by atoms with Gasteiger partial charge >= 0.3 is 0 Å². The van der Waals surface area contributed by atoms with Crippen molar-refractivity contribution in [3.63, 3.8) is 0 Å². The first kappa shape index (κ1) is 28.9. The van der Waals surface area contributed by atoms with Gasteiger partial charge in [0, 0.05) is 42.3 Å². The average molecular weight is 595 g/mol. The molecule has 3 heterocycles. The molecule has 10 nitrogen and oxygen atoms in total. The van der Waals surface area contributed by atoms with Gasteiger partial charge in [0.25, 0.3) is 10.0 Å². The number of aromatic nitrogens is 3. The topological polar surface area (TPSA) is 118 Å². The van der Waals surface area contributed by atoms with Gasteiger partial charge in [0.1, 0.15) is 29.5 Å². The highest BCUT2D eigenvalue weighted by Crippen LogP contribution is 2.34. The van der Waals surface area contributed by atoms with Gasteiger partial charge in [-0.2, -0.15) is 0 Å². The molecule has 5 rings (SSSR count). The van der Waals surface area contributed by atoms with Crippen LogP contribution in [-0.4, -0.2) is 66.5 Å². The molecular weight excluding hydrogens is 566 g/mol. The summed E-state index contributed by atoms with van der Waals surface area (Å²) in [5.41, 5.74) is 1.74. The Morgan fingerprint density at radius 3 is 2.48 bits per heavy atom. The summed E-state index contributed by atoms with van der Waals surface area (Å²) < 4.78 is 62.0. The second-order valence-corrected chi connectivity index (χ2v) is 11.5. The minimum Gasteiger partial charge on any atom is -0.480 e. The van der Waals surface area contributed by atoms with Crippen LogP contribution in [0.3, 0.4) is 0 Å². The smallest absolute Gasteiger partial charge is 0.267 e. The summed E-state index contributed by atoms with van der Waals surface area (Å²) in [7, 11) is -3.37. The minimum absolute atomic E-state index is 0.0469. The van der Waals surface area contributed by atoms with Gasteiger partial charge in [-0.15, -0.1) is 0 Å². The number of benzene rings is 2. The molecule has 218 valence electrons. The van der Waals surface area contributed by atoms with Gasteiger partial charge in [-0.1, -0.05) is 18.7 Å². The highest BCUT2D eigenvalue weighted by molar-refractivity contribution is 7.92. The summed E-state index contributed by atoms with van der Waals surface area (Å²) in [6, 6.07) is 9.60. The molecular formula is C29H28F2N6O4S.